The van der Waals surface area contributed by atoms with E-state index in [2.05, 4.69) is 11.3 Å². The highest BCUT2D eigenvalue weighted by atomic mass is 16.5. The molecule has 0 amide bonds. The van der Waals surface area contributed by atoms with Crippen molar-refractivity contribution in [3.8, 4) is 0 Å². The lowest BCUT2D eigenvalue weighted by Gasteiger charge is -1.83. The van der Waals surface area contributed by atoms with Gasteiger partial charge >= 0.3 is 5.97 Å². The number of esters is 1. The number of rotatable bonds is 1. The summed E-state index contributed by atoms with van der Waals surface area (Å²) in [5.74, 6) is -0.394. The molecule has 0 aromatic rings. The molecule has 0 aliphatic heterocycles. The first kappa shape index (κ1) is 22.7. The van der Waals surface area contributed by atoms with E-state index < -0.39 is 5.97 Å². The number of aliphatic hydroxyl groups is 2. The Morgan fingerprint density at radius 3 is 1.62 bits per heavy atom. The molecule has 0 aromatic carbocycles. The molecule has 0 saturated heterocycles. The predicted molar refractivity (Wildman–Crippen MR) is 52.8 cm³/mol. The molecule has 0 aliphatic rings. The van der Waals surface area contributed by atoms with Crippen LogP contribution in [0.3, 0.4) is 0 Å². The van der Waals surface area contributed by atoms with Crippen LogP contribution >= 0.6 is 0 Å². The molecular formula is C8H21NO4. The number of aliphatic hydroxyl groups excluding tert-OH is 2. The van der Waals surface area contributed by atoms with Crippen molar-refractivity contribution in [3.05, 3.63) is 12.7 Å². The van der Waals surface area contributed by atoms with Crippen molar-refractivity contribution in [1.82, 2.24) is 6.15 Å². The second-order valence-electron chi connectivity index (χ2n) is 1.36. The van der Waals surface area contributed by atoms with Gasteiger partial charge in [0.05, 0.1) is 7.11 Å². The van der Waals surface area contributed by atoms with Crippen LogP contribution in [-0.4, -0.2) is 36.5 Å². The van der Waals surface area contributed by atoms with E-state index in [0.717, 1.165) is 6.08 Å². The van der Waals surface area contributed by atoms with Gasteiger partial charge in [-0.3, -0.25) is 0 Å². The van der Waals surface area contributed by atoms with Crippen molar-refractivity contribution in [2.45, 2.75) is 13.8 Å². The quantitative estimate of drug-likeness (QED) is 0.418. The Bertz CT molecular complexity index is 94.1. The van der Waals surface area contributed by atoms with Crippen LogP contribution in [0, 0.1) is 0 Å². The summed E-state index contributed by atoms with van der Waals surface area (Å²) in [6.07, 6.45) is 1.11. The number of hydrogen-bond acceptors (Lipinski definition) is 5. The van der Waals surface area contributed by atoms with Gasteiger partial charge in [0.1, 0.15) is 0 Å². The van der Waals surface area contributed by atoms with E-state index in [1.165, 1.54) is 7.11 Å². The van der Waals surface area contributed by atoms with Crippen molar-refractivity contribution < 1.29 is 19.7 Å². The molecule has 0 aliphatic carbocycles. The van der Waals surface area contributed by atoms with E-state index in [1.54, 1.807) is 13.8 Å². The van der Waals surface area contributed by atoms with Gasteiger partial charge in [-0.25, -0.2) is 4.79 Å². The zero-order valence-electron chi connectivity index (χ0n) is 8.62. The van der Waals surface area contributed by atoms with Gasteiger partial charge < -0.3 is 21.1 Å². The maximum Gasteiger partial charge on any atom is 0.329 e. The smallest absolute Gasteiger partial charge is 0.329 e. The first-order valence-corrected chi connectivity index (χ1v) is 3.56. The summed E-state index contributed by atoms with van der Waals surface area (Å²) < 4.78 is 4.14. The summed E-state index contributed by atoms with van der Waals surface area (Å²) in [5, 5.41) is 15.1. The predicted octanol–water partition coefficient (Wildman–Crippen LogP) is 0.505. The van der Waals surface area contributed by atoms with Gasteiger partial charge in [-0.15, -0.1) is 0 Å². The van der Waals surface area contributed by atoms with Gasteiger partial charge in [0.2, 0.25) is 0 Å². The second kappa shape index (κ2) is 30.4. The van der Waals surface area contributed by atoms with Gasteiger partial charge in [-0.2, -0.15) is 0 Å². The minimum absolute atomic E-state index is 0. The fourth-order valence-corrected chi connectivity index (χ4v) is 0.0833. The van der Waals surface area contributed by atoms with Crippen molar-refractivity contribution >= 4 is 5.97 Å². The lowest BCUT2D eigenvalue weighted by molar-refractivity contribution is -0.134. The molecule has 13 heavy (non-hydrogen) atoms. The standard InChI is InChI=1S/C4H6O2.2C2H6O.H3N/c1-3-4(5)6-2;2*1-2-3;/h3H,1H2,2H3;2*3H,2H2,1H3;1H3. The third kappa shape index (κ3) is 96.0. The topological polar surface area (TPSA) is 102 Å². The lowest BCUT2D eigenvalue weighted by Crippen LogP contribution is -1.91. The lowest BCUT2D eigenvalue weighted by atomic mass is 10.7. The molecular weight excluding hydrogens is 174 g/mol. The summed E-state index contributed by atoms with van der Waals surface area (Å²) >= 11 is 0. The highest BCUT2D eigenvalue weighted by molar-refractivity contribution is 5.80. The summed E-state index contributed by atoms with van der Waals surface area (Å²) in [6.45, 7) is 7.02. The van der Waals surface area contributed by atoms with Gasteiger partial charge in [0.15, 0.2) is 0 Å². The summed E-state index contributed by atoms with van der Waals surface area (Å²) in [4.78, 5) is 9.84. The Morgan fingerprint density at radius 2 is 1.62 bits per heavy atom. The molecule has 82 valence electrons. The number of carbonyl (C=O) groups is 1. The molecule has 0 radical (unpaired) electrons. The van der Waals surface area contributed by atoms with Crippen molar-refractivity contribution in [1.29, 1.82) is 0 Å². The van der Waals surface area contributed by atoms with E-state index in [9.17, 15) is 4.79 Å². The van der Waals surface area contributed by atoms with Crippen LogP contribution in [0.1, 0.15) is 13.8 Å². The molecule has 0 bridgehead atoms. The van der Waals surface area contributed by atoms with Gasteiger partial charge in [0.25, 0.3) is 0 Å². The van der Waals surface area contributed by atoms with Gasteiger partial charge in [0, 0.05) is 19.3 Å². The minimum atomic E-state index is -0.394. The summed E-state index contributed by atoms with van der Waals surface area (Å²) in [6, 6.07) is 0. The van der Waals surface area contributed by atoms with Crippen LogP contribution in [0.25, 0.3) is 0 Å². The maximum absolute atomic E-state index is 9.84. The average molecular weight is 195 g/mol. The van der Waals surface area contributed by atoms with Gasteiger partial charge in [-0.1, -0.05) is 6.58 Å². The molecule has 0 rings (SSSR count). The highest BCUT2D eigenvalue weighted by Crippen LogP contribution is 1.67. The SMILES string of the molecule is C=CC(=O)OC.CCO.CCO.N. The Balaban J connectivity index is -0.0000000501. The number of carbonyl (C=O) groups excluding carboxylic acids is 1. The number of hydrogen-bond donors (Lipinski definition) is 3. The molecule has 5 heteroatoms. The molecule has 0 saturated carbocycles. The number of methoxy groups -OCH3 is 1. The fraction of sp³-hybridized carbons (Fsp3) is 0.625. The van der Waals surface area contributed by atoms with Crippen LogP contribution in [-0.2, 0) is 9.53 Å². The zero-order chi connectivity index (χ0) is 10.4. The van der Waals surface area contributed by atoms with Crippen molar-refractivity contribution in [2.75, 3.05) is 20.3 Å². The Hall–Kier alpha value is -0.910. The Morgan fingerprint density at radius 1 is 1.38 bits per heavy atom. The monoisotopic (exact) mass is 195 g/mol. The minimum Gasteiger partial charge on any atom is -0.466 e. The summed E-state index contributed by atoms with van der Waals surface area (Å²) in [7, 11) is 1.31. The van der Waals surface area contributed by atoms with Crippen LogP contribution in [0.2, 0.25) is 0 Å². The number of ether oxygens (including phenoxy) is 1. The average Bonchev–Trinajstić information content (AvgIpc) is 2.06. The van der Waals surface area contributed by atoms with E-state index >= 15 is 0 Å². The second-order valence-corrected chi connectivity index (χ2v) is 1.36. The van der Waals surface area contributed by atoms with Crippen LogP contribution < -0.4 is 6.15 Å². The normalized spacial score (nSPS) is 5.92. The molecule has 0 heterocycles. The maximum atomic E-state index is 9.84. The van der Waals surface area contributed by atoms with Crippen LogP contribution in [0.4, 0.5) is 0 Å². The zero-order valence-corrected chi connectivity index (χ0v) is 8.62. The molecule has 0 aromatic heterocycles. The largest absolute Gasteiger partial charge is 0.466 e. The van der Waals surface area contributed by atoms with Crippen molar-refractivity contribution in [3.63, 3.8) is 0 Å². The molecule has 5 nitrogen and oxygen atoms in total. The fourth-order valence-electron chi connectivity index (χ4n) is 0.0833. The Labute approximate surface area is 79.6 Å². The third-order valence-electron chi connectivity index (χ3n) is 0.368. The third-order valence-corrected chi connectivity index (χ3v) is 0.368. The Kier molecular flexibility index (Phi) is 53.2. The highest BCUT2D eigenvalue weighted by Gasteiger charge is 1.81. The molecule has 0 atom stereocenters. The van der Waals surface area contributed by atoms with Crippen LogP contribution in [0.15, 0.2) is 12.7 Å². The van der Waals surface area contributed by atoms with E-state index in [-0.39, 0.29) is 19.4 Å². The first-order chi connectivity index (χ1) is 5.64. The van der Waals surface area contributed by atoms with E-state index in [4.69, 9.17) is 10.2 Å². The van der Waals surface area contributed by atoms with Crippen LogP contribution in [0.5, 0.6) is 0 Å². The van der Waals surface area contributed by atoms with E-state index in [1.807, 2.05) is 0 Å². The molecule has 0 unspecified atom stereocenters. The summed E-state index contributed by atoms with van der Waals surface area (Å²) in [5.41, 5.74) is 0. The molecule has 0 spiro atoms. The van der Waals surface area contributed by atoms with Gasteiger partial charge in [-0.05, 0) is 13.8 Å². The molecule has 5 N–H and O–H groups in total. The van der Waals surface area contributed by atoms with Crippen molar-refractivity contribution in [2.24, 2.45) is 0 Å². The first-order valence-electron chi connectivity index (χ1n) is 3.56. The van der Waals surface area contributed by atoms with E-state index in [0.29, 0.717) is 0 Å². The molecule has 0 fully saturated rings.